The van der Waals surface area contributed by atoms with Crippen molar-refractivity contribution in [3.63, 3.8) is 0 Å². The van der Waals surface area contributed by atoms with Crippen molar-refractivity contribution >= 4 is 33.3 Å². The second kappa shape index (κ2) is 9.16. The molecule has 2 aliphatic rings. The quantitative estimate of drug-likeness (QED) is 0.609. The molecule has 32 heavy (non-hydrogen) atoms. The molecule has 1 atom stereocenters. The van der Waals surface area contributed by atoms with Crippen molar-refractivity contribution in [1.29, 1.82) is 0 Å². The lowest BCUT2D eigenvalue weighted by molar-refractivity contribution is 0.100. The highest BCUT2D eigenvalue weighted by Crippen LogP contribution is 2.34. The summed E-state index contributed by atoms with van der Waals surface area (Å²) in [6, 6.07) is 8.64. The standard InChI is InChI=1S/C25H31N5OS/c1-17-8-11-29(12-9-17)25-27-14-18(15-28-25)16-30-10-4-5-19(30)13-21-20-6-2-3-7-22(20)32-23(21)24(26)31/h2-3,6-7,14-15,17,19H,4-5,8-13,16H2,1H3,(H2,26,31). The molecule has 2 saturated heterocycles. The van der Waals surface area contributed by atoms with E-state index in [1.54, 1.807) is 0 Å². The number of fused-ring (bicyclic) bond motifs is 1. The van der Waals surface area contributed by atoms with Crippen LogP contribution in [0.15, 0.2) is 36.7 Å². The molecule has 1 aromatic carbocycles. The molecule has 7 heteroatoms. The van der Waals surface area contributed by atoms with Gasteiger partial charge in [0.05, 0.1) is 4.88 Å². The minimum atomic E-state index is -0.318. The molecule has 6 nitrogen and oxygen atoms in total. The Morgan fingerprint density at radius 1 is 1.12 bits per heavy atom. The first-order chi connectivity index (χ1) is 15.6. The number of aromatic nitrogens is 2. The Balaban J connectivity index is 1.29. The largest absolute Gasteiger partial charge is 0.365 e. The maximum absolute atomic E-state index is 12.1. The third-order valence-corrected chi connectivity index (χ3v) is 8.23. The molecule has 0 radical (unpaired) electrons. The minimum Gasteiger partial charge on any atom is -0.365 e. The second-order valence-electron chi connectivity index (χ2n) is 9.30. The first-order valence-electron chi connectivity index (χ1n) is 11.7. The smallest absolute Gasteiger partial charge is 0.259 e. The van der Waals surface area contributed by atoms with Crippen LogP contribution in [0.25, 0.3) is 10.1 Å². The number of carbonyl (C=O) groups is 1. The van der Waals surface area contributed by atoms with Crippen LogP contribution in [0.2, 0.25) is 0 Å². The van der Waals surface area contributed by atoms with Crippen molar-refractivity contribution < 1.29 is 4.79 Å². The zero-order chi connectivity index (χ0) is 22.1. The fourth-order valence-corrected chi connectivity index (χ4v) is 6.19. The van der Waals surface area contributed by atoms with Crippen molar-refractivity contribution in [2.75, 3.05) is 24.5 Å². The van der Waals surface area contributed by atoms with Gasteiger partial charge in [-0.25, -0.2) is 9.97 Å². The predicted octanol–water partition coefficient (Wildman–Crippen LogP) is 4.23. The van der Waals surface area contributed by atoms with Crippen LogP contribution in [0.4, 0.5) is 5.95 Å². The molecule has 0 aliphatic carbocycles. The molecule has 3 aromatic rings. The fraction of sp³-hybridized carbons (Fsp3) is 0.480. The lowest BCUT2D eigenvalue weighted by atomic mass is 10.00. The zero-order valence-corrected chi connectivity index (χ0v) is 19.5. The highest BCUT2D eigenvalue weighted by Gasteiger charge is 2.28. The van der Waals surface area contributed by atoms with E-state index in [9.17, 15) is 4.79 Å². The van der Waals surface area contributed by atoms with Crippen molar-refractivity contribution in [1.82, 2.24) is 14.9 Å². The summed E-state index contributed by atoms with van der Waals surface area (Å²) in [5, 5.41) is 1.17. The molecule has 0 saturated carbocycles. The SMILES string of the molecule is CC1CCN(c2ncc(CN3CCCC3Cc3c(C(N)=O)sc4ccccc34)cn2)CC1. The summed E-state index contributed by atoms with van der Waals surface area (Å²) in [5.41, 5.74) is 7.99. The van der Waals surface area contributed by atoms with Gasteiger partial charge in [0.2, 0.25) is 5.95 Å². The molecule has 0 bridgehead atoms. The number of thiophene rings is 1. The normalized spacial score (nSPS) is 20.3. The van der Waals surface area contributed by atoms with Gasteiger partial charge in [0.15, 0.2) is 0 Å². The number of anilines is 1. The lowest BCUT2D eigenvalue weighted by Crippen LogP contribution is -2.34. The van der Waals surface area contributed by atoms with E-state index >= 15 is 0 Å². The van der Waals surface area contributed by atoms with Gasteiger partial charge in [0, 0.05) is 48.3 Å². The van der Waals surface area contributed by atoms with E-state index in [2.05, 4.69) is 38.8 Å². The van der Waals surface area contributed by atoms with Crippen LogP contribution in [0.1, 0.15) is 53.4 Å². The van der Waals surface area contributed by atoms with Gasteiger partial charge in [-0.15, -0.1) is 11.3 Å². The Kier molecular flexibility index (Phi) is 6.11. The lowest BCUT2D eigenvalue weighted by Gasteiger charge is -2.30. The maximum atomic E-state index is 12.1. The number of nitrogens with two attached hydrogens (primary N) is 1. The van der Waals surface area contributed by atoms with E-state index in [1.807, 2.05) is 24.5 Å². The van der Waals surface area contributed by atoms with Gasteiger partial charge in [-0.1, -0.05) is 25.1 Å². The summed E-state index contributed by atoms with van der Waals surface area (Å²) >= 11 is 1.52. The van der Waals surface area contributed by atoms with Crippen LogP contribution in [-0.2, 0) is 13.0 Å². The molecular weight excluding hydrogens is 418 g/mol. The van der Waals surface area contributed by atoms with Gasteiger partial charge < -0.3 is 10.6 Å². The Hall–Kier alpha value is -2.51. The topological polar surface area (TPSA) is 75.3 Å². The third-order valence-electron chi connectivity index (χ3n) is 7.00. The molecule has 2 fully saturated rings. The van der Waals surface area contributed by atoms with Crippen molar-refractivity contribution in [2.45, 2.75) is 51.6 Å². The van der Waals surface area contributed by atoms with Crippen molar-refractivity contribution in [3.8, 4) is 0 Å². The average molecular weight is 450 g/mol. The highest BCUT2D eigenvalue weighted by atomic mass is 32.1. The number of nitrogens with zero attached hydrogens (tertiary/aromatic N) is 4. The van der Waals surface area contributed by atoms with Crippen LogP contribution in [0.3, 0.4) is 0 Å². The van der Waals surface area contributed by atoms with Gasteiger partial charge in [-0.3, -0.25) is 9.69 Å². The number of hydrogen-bond acceptors (Lipinski definition) is 6. The fourth-order valence-electron chi connectivity index (χ4n) is 5.11. The van der Waals surface area contributed by atoms with E-state index in [-0.39, 0.29) is 5.91 Å². The minimum absolute atomic E-state index is 0.318. The molecule has 5 rings (SSSR count). The van der Waals surface area contributed by atoms with E-state index in [4.69, 9.17) is 5.73 Å². The van der Waals surface area contributed by atoms with Crippen molar-refractivity contribution in [3.05, 3.63) is 52.7 Å². The van der Waals surface area contributed by atoms with E-state index in [1.165, 1.54) is 36.0 Å². The number of rotatable bonds is 6. The van der Waals surface area contributed by atoms with Crippen molar-refractivity contribution in [2.24, 2.45) is 11.7 Å². The number of carbonyl (C=O) groups excluding carboxylic acids is 1. The Labute approximate surface area is 193 Å². The third kappa shape index (κ3) is 4.36. The van der Waals surface area contributed by atoms with E-state index in [0.717, 1.165) is 66.7 Å². The van der Waals surface area contributed by atoms with Gasteiger partial charge >= 0.3 is 0 Å². The van der Waals surface area contributed by atoms with Crippen LogP contribution in [-0.4, -0.2) is 46.5 Å². The molecular formula is C25H31N5OS. The summed E-state index contributed by atoms with van der Waals surface area (Å²) in [6.45, 7) is 6.32. The summed E-state index contributed by atoms with van der Waals surface area (Å²) < 4.78 is 1.14. The van der Waals surface area contributed by atoms with Gasteiger partial charge in [-0.2, -0.15) is 0 Å². The summed E-state index contributed by atoms with van der Waals surface area (Å²) in [4.78, 5) is 27.0. The summed E-state index contributed by atoms with van der Waals surface area (Å²) in [6.07, 6.45) is 9.56. The molecule has 2 N–H and O–H groups in total. The first kappa shape index (κ1) is 21.3. The maximum Gasteiger partial charge on any atom is 0.259 e. The summed E-state index contributed by atoms with van der Waals surface area (Å²) in [5.74, 6) is 1.34. The summed E-state index contributed by atoms with van der Waals surface area (Å²) in [7, 11) is 0. The van der Waals surface area contributed by atoms with Gasteiger partial charge in [-0.05, 0) is 61.6 Å². The monoisotopic (exact) mass is 449 g/mol. The number of likely N-dealkylation sites (tertiary alicyclic amines) is 1. The molecule has 0 spiro atoms. The van der Waals surface area contributed by atoms with Crippen LogP contribution >= 0.6 is 11.3 Å². The van der Waals surface area contributed by atoms with Crippen LogP contribution in [0.5, 0.6) is 0 Å². The Morgan fingerprint density at radius 2 is 1.88 bits per heavy atom. The Morgan fingerprint density at radius 3 is 2.62 bits per heavy atom. The number of hydrogen-bond donors (Lipinski definition) is 1. The van der Waals surface area contributed by atoms with Gasteiger partial charge in [0.25, 0.3) is 5.91 Å². The van der Waals surface area contributed by atoms with Crippen LogP contribution in [0, 0.1) is 5.92 Å². The van der Waals surface area contributed by atoms with Gasteiger partial charge in [0.1, 0.15) is 0 Å². The van der Waals surface area contributed by atoms with E-state index < -0.39 is 0 Å². The number of amides is 1. The van der Waals surface area contributed by atoms with E-state index in [0.29, 0.717) is 10.9 Å². The molecule has 1 unspecified atom stereocenters. The second-order valence-corrected chi connectivity index (χ2v) is 10.4. The average Bonchev–Trinajstić information content (AvgIpc) is 3.40. The highest BCUT2D eigenvalue weighted by molar-refractivity contribution is 7.21. The molecule has 1 amide bonds. The molecule has 2 aromatic heterocycles. The molecule has 4 heterocycles. The Bertz CT molecular complexity index is 1090. The number of benzene rings is 1. The molecule has 168 valence electrons. The predicted molar refractivity (Wildman–Crippen MR) is 130 cm³/mol. The first-order valence-corrected chi connectivity index (χ1v) is 12.5. The van der Waals surface area contributed by atoms with Crippen LogP contribution < -0.4 is 10.6 Å². The molecule has 2 aliphatic heterocycles. The number of piperidine rings is 1. The number of primary amides is 1. The zero-order valence-electron chi connectivity index (χ0n) is 18.7.